The summed E-state index contributed by atoms with van der Waals surface area (Å²) in [6.07, 6.45) is 2.68. The maximum atomic E-state index is 9.31. The number of nitrogens with zero attached hydrogens (tertiary/aromatic N) is 2. The molecular weight excluding hydrogens is 202 g/mol. The van der Waals surface area contributed by atoms with Gasteiger partial charge >= 0.3 is 0 Å². The third-order valence-electron chi connectivity index (χ3n) is 2.99. The van der Waals surface area contributed by atoms with Crippen LogP contribution in [0.4, 0.5) is 5.82 Å². The number of rotatable bonds is 5. The molecule has 0 aliphatic carbocycles. The lowest BCUT2D eigenvalue weighted by atomic mass is 9.89. The molecular formula is C12H21N3O. The number of aryl methyl sites for hydroxylation is 2. The monoisotopic (exact) mass is 223 g/mol. The SMILES string of the molecule is CCC(C)(CO)CNc1nc(C)cnc1C. The predicted octanol–water partition coefficient (Wildman–Crippen LogP) is 1.91. The van der Waals surface area contributed by atoms with Gasteiger partial charge in [0.15, 0.2) is 0 Å². The molecule has 1 rings (SSSR count). The lowest BCUT2D eigenvalue weighted by molar-refractivity contribution is 0.149. The zero-order valence-corrected chi connectivity index (χ0v) is 10.5. The number of hydrogen-bond acceptors (Lipinski definition) is 4. The van der Waals surface area contributed by atoms with Gasteiger partial charge in [-0.1, -0.05) is 13.8 Å². The first-order valence-corrected chi connectivity index (χ1v) is 5.66. The summed E-state index contributed by atoms with van der Waals surface area (Å²) in [5, 5.41) is 12.6. The van der Waals surface area contributed by atoms with Crippen molar-refractivity contribution in [3.63, 3.8) is 0 Å². The average Bonchev–Trinajstić information content (AvgIpc) is 2.30. The number of hydrogen-bond donors (Lipinski definition) is 2. The Hall–Kier alpha value is -1.16. The molecule has 4 heteroatoms. The maximum Gasteiger partial charge on any atom is 0.147 e. The Morgan fingerprint density at radius 3 is 2.69 bits per heavy atom. The van der Waals surface area contributed by atoms with Crippen LogP contribution in [0.15, 0.2) is 6.20 Å². The normalized spacial score (nSPS) is 14.6. The largest absolute Gasteiger partial charge is 0.396 e. The van der Waals surface area contributed by atoms with E-state index in [0.717, 1.165) is 23.6 Å². The van der Waals surface area contributed by atoms with Crippen LogP contribution in [0, 0.1) is 19.3 Å². The van der Waals surface area contributed by atoms with E-state index in [4.69, 9.17) is 0 Å². The molecule has 0 bridgehead atoms. The quantitative estimate of drug-likeness (QED) is 0.800. The summed E-state index contributed by atoms with van der Waals surface area (Å²) in [7, 11) is 0. The lowest BCUT2D eigenvalue weighted by Crippen LogP contribution is -2.30. The topological polar surface area (TPSA) is 58.0 Å². The van der Waals surface area contributed by atoms with Gasteiger partial charge in [-0.25, -0.2) is 4.98 Å². The number of aromatic nitrogens is 2. The summed E-state index contributed by atoms with van der Waals surface area (Å²) in [6.45, 7) is 8.86. The molecule has 0 saturated carbocycles. The highest BCUT2D eigenvalue weighted by Crippen LogP contribution is 2.21. The Morgan fingerprint density at radius 1 is 1.44 bits per heavy atom. The fraction of sp³-hybridized carbons (Fsp3) is 0.667. The minimum absolute atomic E-state index is 0.0993. The van der Waals surface area contributed by atoms with Crippen molar-refractivity contribution in [2.75, 3.05) is 18.5 Å². The minimum atomic E-state index is -0.0993. The van der Waals surface area contributed by atoms with Gasteiger partial charge in [-0.3, -0.25) is 4.98 Å². The van der Waals surface area contributed by atoms with Crippen molar-refractivity contribution in [2.45, 2.75) is 34.1 Å². The molecule has 2 N–H and O–H groups in total. The summed E-state index contributed by atoms with van der Waals surface area (Å²) in [6, 6.07) is 0. The summed E-state index contributed by atoms with van der Waals surface area (Å²) in [5.41, 5.74) is 1.69. The van der Waals surface area contributed by atoms with E-state index in [1.54, 1.807) is 6.20 Å². The molecule has 90 valence electrons. The molecule has 0 spiro atoms. The third kappa shape index (κ3) is 3.17. The van der Waals surface area contributed by atoms with Gasteiger partial charge in [0.25, 0.3) is 0 Å². The Kier molecular flexibility index (Phi) is 4.24. The van der Waals surface area contributed by atoms with Crippen LogP contribution >= 0.6 is 0 Å². The lowest BCUT2D eigenvalue weighted by Gasteiger charge is -2.26. The second-order valence-electron chi connectivity index (χ2n) is 4.62. The highest BCUT2D eigenvalue weighted by atomic mass is 16.3. The second kappa shape index (κ2) is 5.25. The Bertz CT molecular complexity index is 348. The fourth-order valence-electron chi connectivity index (χ4n) is 1.29. The van der Waals surface area contributed by atoms with Gasteiger partial charge in [0.05, 0.1) is 18.0 Å². The highest BCUT2D eigenvalue weighted by molar-refractivity contribution is 5.39. The number of aliphatic hydroxyl groups is 1. The van der Waals surface area contributed by atoms with E-state index < -0.39 is 0 Å². The molecule has 1 heterocycles. The van der Waals surface area contributed by atoms with E-state index >= 15 is 0 Å². The van der Waals surface area contributed by atoms with E-state index in [2.05, 4.69) is 29.1 Å². The molecule has 0 radical (unpaired) electrons. The molecule has 0 fully saturated rings. The molecule has 16 heavy (non-hydrogen) atoms. The van der Waals surface area contributed by atoms with Gasteiger partial charge in [0.2, 0.25) is 0 Å². The molecule has 0 aliphatic heterocycles. The first-order valence-electron chi connectivity index (χ1n) is 5.66. The van der Waals surface area contributed by atoms with Crippen LogP contribution in [-0.4, -0.2) is 28.2 Å². The molecule has 0 saturated heterocycles. The average molecular weight is 223 g/mol. The molecule has 1 atom stereocenters. The van der Waals surface area contributed by atoms with Crippen LogP contribution in [0.5, 0.6) is 0 Å². The molecule has 1 unspecified atom stereocenters. The van der Waals surface area contributed by atoms with Gasteiger partial charge in [-0.15, -0.1) is 0 Å². The number of anilines is 1. The van der Waals surface area contributed by atoms with Crippen LogP contribution in [-0.2, 0) is 0 Å². The van der Waals surface area contributed by atoms with Crippen molar-refractivity contribution in [2.24, 2.45) is 5.41 Å². The molecule has 4 nitrogen and oxygen atoms in total. The van der Waals surface area contributed by atoms with Crippen molar-refractivity contribution >= 4 is 5.82 Å². The predicted molar refractivity (Wildman–Crippen MR) is 65.5 cm³/mol. The van der Waals surface area contributed by atoms with Crippen LogP contribution in [0.25, 0.3) is 0 Å². The molecule has 1 aromatic heterocycles. The standard InChI is InChI=1S/C12H21N3O/c1-5-12(4,8-16)7-14-11-10(3)13-6-9(2)15-11/h6,16H,5,7-8H2,1-4H3,(H,14,15). The highest BCUT2D eigenvalue weighted by Gasteiger charge is 2.21. The van der Waals surface area contributed by atoms with Gasteiger partial charge in [-0.2, -0.15) is 0 Å². The van der Waals surface area contributed by atoms with Gasteiger partial charge in [-0.05, 0) is 20.3 Å². The third-order valence-corrected chi connectivity index (χ3v) is 2.99. The van der Waals surface area contributed by atoms with E-state index in [-0.39, 0.29) is 12.0 Å². The Morgan fingerprint density at radius 2 is 2.12 bits per heavy atom. The Labute approximate surface area is 97.1 Å². The van der Waals surface area contributed by atoms with Crippen molar-refractivity contribution in [3.8, 4) is 0 Å². The smallest absolute Gasteiger partial charge is 0.147 e. The van der Waals surface area contributed by atoms with Gasteiger partial charge < -0.3 is 10.4 Å². The van der Waals surface area contributed by atoms with Crippen LogP contribution < -0.4 is 5.32 Å². The van der Waals surface area contributed by atoms with Crippen molar-refractivity contribution in [1.29, 1.82) is 0 Å². The Balaban J connectivity index is 2.70. The van der Waals surface area contributed by atoms with Crippen molar-refractivity contribution in [3.05, 3.63) is 17.6 Å². The summed E-state index contributed by atoms with van der Waals surface area (Å²) in [5.74, 6) is 0.813. The van der Waals surface area contributed by atoms with E-state index in [9.17, 15) is 5.11 Å². The van der Waals surface area contributed by atoms with Crippen molar-refractivity contribution in [1.82, 2.24) is 9.97 Å². The molecule has 1 aromatic rings. The first-order chi connectivity index (χ1) is 7.50. The number of aliphatic hydroxyl groups excluding tert-OH is 1. The summed E-state index contributed by atoms with van der Waals surface area (Å²) in [4.78, 5) is 8.63. The van der Waals surface area contributed by atoms with Crippen molar-refractivity contribution < 1.29 is 5.11 Å². The zero-order chi connectivity index (χ0) is 12.2. The van der Waals surface area contributed by atoms with E-state index in [1.807, 2.05) is 13.8 Å². The van der Waals surface area contributed by atoms with Crippen LogP contribution in [0.1, 0.15) is 31.7 Å². The van der Waals surface area contributed by atoms with E-state index in [1.165, 1.54) is 0 Å². The molecule has 0 aliphatic rings. The van der Waals surface area contributed by atoms with E-state index in [0.29, 0.717) is 6.54 Å². The van der Waals surface area contributed by atoms with Crippen LogP contribution in [0.3, 0.4) is 0 Å². The maximum absolute atomic E-state index is 9.31. The second-order valence-corrected chi connectivity index (χ2v) is 4.62. The summed E-state index contributed by atoms with van der Waals surface area (Å²) < 4.78 is 0. The van der Waals surface area contributed by atoms with Gasteiger partial charge in [0.1, 0.15) is 5.82 Å². The first kappa shape index (κ1) is 12.9. The van der Waals surface area contributed by atoms with Gasteiger partial charge in [0, 0.05) is 18.2 Å². The zero-order valence-electron chi connectivity index (χ0n) is 10.5. The molecule has 0 amide bonds. The number of nitrogens with one attached hydrogen (secondary N) is 1. The minimum Gasteiger partial charge on any atom is -0.396 e. The molecule has 0 aromatic carbocycles. The summed E-state index contributed by atoms with van der Waals surface area (Å²) >= 11 is 0. The van der Waals surface area contributed by atoms with Crippen LogP contribution in [0.2, 0.25) is 0 Å². The fourth-order valence-corrected chi connectivity index (χ4v) is 1.29.